The van der Waals surface area contributed by atoms with Crippen LogP contribution in [0.25, 0.3) is 0 Å². The summed E-state index contributed by atoms with van der Waals surface area (Å²) < 4.78 is 45.1. The van der Waals surface area contributed by atoms with Gasteiger partial charge in [-0.25, -0.2) is 4.79 Å². The van der Waals surface area contributed by atoms with Gasteiger partial charge in [-0.1, -0.05) is 41.9 Å². The normalized spacial score (nSPS) is 24.9. The van der Waals surface area contributed by atoms with E-state index in [1.54, 1.807) is 42.5 Å². The van der Waals surface area contributed by atoms with Crippen LogP contribution in [0.15, 0.2) is 66.7 Å². The van der Waals surface area contributed by atoms with Crippen LogP contribution in [-0.2, 0) is 14.3 Å². The fourth-order valence-electron chi connectivity index (χ4n) is 4.11. The molecule has 0 aromatic heterocycles. The van der Waals surface area contributed by atoms with Crippen LogP contribution < -0.4 is 4.74 Å². The summed E-state index contributed by atoms with van der Waals surface area (Å²) in [4.78, 5) is 24.2. The van der Waals surface area contributed by atoms with Crippen molar-refractivity contribution in [2.24, 2.45) is 11.8 Å². The molecule has 168 valence electrons. The molecule has 4 rings (SSSR count). The van der Waals surface area contributed by atoms with Gasteiger partial charge in [-0.2, -0.15) is 8.78 Å². The van der Waals surface area contributed by atoms with Crippen LogP contribution in [0.1, 0.15) is 23.2 Å². The van der Waals surface area contributed by atoms with Gasteiger partial charge in [0.25, 0.3) is 5.92 Å². The van der Waals surface area contributed by atoms with Crippen molar-refractivity contribution in [3.63, 3.8) is 0 Å². The molecule has 1 saturated heterocycles. The Kier molecular flexibility index (Phi) is 6.46. The molecule has 0 radical (unpaired) electrons. The second kappa shape index (κ2) is 9.28. The van der Waals surface area contributed by atoms with Gasteiger partial charge in [0, 0.05) is 23.3 Å². The number of alkyl halides is 2. The van der Waals surface area contributed by atoms with Crippen molar-refractivity contribution in [3.05, 3.63) is 77.3 Å². The third-order valence-corrected chi connectivity index (χ3v) is 5.84. The summed E-state index contributed by atoms with van der Waals surface area (Å²) in [5.74, 6) is -4.86. The highest BCUT2D eigenvalue weighted by molar-refractivity contribution is 6.30. The van der Waals surface area contributed by atoms with Crippen LogP contribution in [0.5, 0.6) is 5.75 Å². The smallest absolute Gasteiger partial charge is 0.338 e. The van der Waals surface area contributed by atoms with Gasteiger partial charge in [-0.15, -0.1) is 0 Å². The molecule has 4 atom stereocenters. The number of carbonyl (C=O) groups is 2. The summed E-state index contributed by atoms with van der Waals surface area (Å²) in [6.45, 7) is -0.880. The van der Waals surface area contributed by atoms with Crippen molar-refractivity contribution < 1.29 is 32.6 Å². The summed E-state index contributed by atoms with van der Waals surface area (Å²) in [5.41, 5.74) is 0.365. The zero-order valence-electron chi connectivity index (χ0n) is 17.0. The molecule has 0 unspecified atom stereocenters. The standard InChI is InChI=1S/C24H21ClF2O5/c25-16-7-4-8-17(11-16)30-14-24(26,27)10-9-18-19-12-22(28)31-21(19)13-20(18)32-23(29)15-5-2-1-3-6-15/h1-11,18-21H,12-14H2/b10-9+/t18-,19-,20-,21+/m1/s1. The minimum absolute atomic E-state index is 0.101. The molecule has 2 aliphatic rings. The van der Waals surface area contributed by atoms with Crippen molar-refractivity contribution in [1.29, 1.82) is 0 Å². The van der Waals surface area contributed by atoms with Gasteiger partial charge in [0.15, 0.2) is 6.61 Å². The number of esters is 2. The van der Waals surface area contributed by atoms with E-state index in [0.717, 1.165) is 6.08 Å². The number of benzene rings is 2. The number of hydrogen-bond acceptors (Lipinski definition) is 5. The predicted molar refractivity (Wildman–Crippen MR) is 113 cm³/mol. The zero-order chi connectivity index (χ0) is 22.7. The maximum absolute atomic E-state index is 14.5. The number of hydrogen-bond donors (Lipinski definition) is 0. The molecule has 8 heteroatoms. The molecule has 2 fully saturated rings. The summed E-state index contributed by atoms with van der Waals surface area (Å²) in [6.07, 6.45) is 1.31. The third-order valence-electron chi connectivity index (χ3n) is 5.61. The SMILES string of the molecule is O=C1C[C@@H]2[C@@H](/C=C/C(F)(F)COc3cccc(Cl)c3)[C@H](OC(=O)c3ccccc3)C[C@@H]2O1. The van der Waals surface area contributed by atoms with Crippen molar-refractivity contribution in [2.75, 3.05) is 6.61 Å². The second-order valence-corrected chi connectivity index (χ2v) is 8.32. The zero-order valence-corrected chi connectivity index (χ0v) is 17.7. The first kappa shape index (κ1) is 22.3. The Bertz CT molecular complexity index is 1010. The highest BCUT2D eigenvalue weighted by atomic mass is 35.5. The Hall–Kier alpha value is -2.93. The third kappa shape index (κ3) is 5.27. The average molecular weight is 463 g/mol. The van der Waals surface area contributed by atoms with Crippen LogP contribution in [0.3, 0.4) is 0 Å². The lowest BCUT2D eigenvalue weighted by atomic mass is 9.91. The van der Waals surface area contributed by atoms with Crippen molar-refractivity contribution in [3.8, 4) is 5.75 Å². The molecule has 0 N–H and O–H groups in total. The van der Waals surface area contributed by atoms with E-state index in [4.69, 9.17) is 25.8 Å². The molecular formula is C24H21ClF2O5. The number of carbonyl (C=O) groups excluding carboxylic acids is 2. The highest BCUT2D eigenvalue weighted by Crippen LogP contribution is 2.44. The van der Waals surface area contributed by atoms with Gasteiger partial charge >= 0.3 is 11.9 Å². The lowest BCUT2D eigenvalue weighted by Crippen LogP contribution is -2.27. The molecule has 1 heterocycles. The lowest BCUT2D eigenvalue weighted by molar-refractivity contribution is -0.141. The Morgan fingerprint density at radius 1 is 1.19 bits per heavy atom. The summed E-state index contributed by atoms with van der Waals surface area (Å²) >= 11 is 5.85. The largest absolute Gasteiger partial charge is 0.487 e. The summed E-state index contributed by atoms with van der Waals surface area (Å²) in [7, 11) is 0. The predicted octanol–water partition coefficient (Wildman–Crippen LogP) is 5.09. The Labute approximate surface area is 188 Å². The minimum atomic E-state index is -3.28. The molecule has 5 nitrogen and oxygen atoms in total. The molecule has 0 spiro atoms. The molecule has 2 aromatic rings. The van der Waals surface area contributed by atoms with E-state index in [-0.39, 0.29) is 30.5 Å². The van der Waals surface area contributed by atoms with Gasteiger partial charge in [0.05, 0.1) is 12.0 Å². The first-order chi connectivity index (χ1) is 15.3. The average Bonchev–Trinajstić information content (AvgIpc) is 3.27. The summed E-state index contributed by atoms with van der Waals surface area (Å²) in [5, 5.41) is 0.382. The van der Waals surface area contributed by atoms with Gasteiger partial charge in [0.1, 0.15) is 18.0 Å². The molecule has 2 aromatic carbocycles. The van der Waals surface area contributed by atoms with Crippen LogP contribution in [0, 0.1) is 11.8 Å². The number of fused-ring (bicyclic) bond motifs is 1. The quantitative estimate of drug-likeness (QED) is 0.424. The van der Waals surface area contributed by atoms with E-state index >= 15 is 0 Å². The van der Waals surface area contributed by atoms with Crippen LogP contribution in [0.2, 0.25) is 5.02 Å². The fourth-order valence-corrected chi connectivity index (χ4v) is 4.29. The molecule has 1 saturated carbocycles. The van der Waals surface area contributed by atoms with Crippen molar-refractivity contribution in [1.82, 2.24) is 0 Å². The van der Waals surface area contributed by atoms with Crippen LogP contribution in [-0.4, -0.2) is 36.7 Å². The monoisotopic (exact) mass is 462 g/mol. The minimum Gasteiger partial charge on any atom is -0.487 e. The Morgan fingerprint density at radius 2 is 1.97 bits per heavy atom. The van der Waals surface area contributed by atoms with E-state index in [0.29, 0.717) is 10.6 Å². The molecule has 0 bridgehead atoms. The van der Waals surface area contributed by atoms with Crippen LogP contribution in [0.4, 0.5) is 8.78 Å². The van der Waals surface area contributed by atoms with E-state index in [2.05, 4.69) is 0 Å². The van der Waals surface area contributed by atoms with E-state index in [1.165, 1.54) is 18.2 Å². The maximum atomic E-state index is 14.5. The topological polar surface area (TPSA) is 61.8 Å². The van der Waals surface area contributed by atoms with Crippen molar-refractivity contribution >= 4 is 23.5 Å². The first-order valence-electron chi connectivity index (χ1n) is 10.2. The number of rotatable bonds is 7. The van der Waals surface area contributed by atoms with Crippen LogP contribution >= 0.6 is 11.6 Å². The second-order valence-electron chi connectivity index (χ2n) is 7.89. The lowest BCUT2D eigenvalue weighted by Gasteiger charge is -2.21. The fraction of sp³-hybridized carbons (Fsp3) is 0.333. The molecular weight excluding hydrogens is 442 g/mol. The summed E-state index contributed by atoms with van der Waals surface area (Å²) in [6, 6.07) is 14.6. The van der Waals surface area contributed by atoms with E-state index in [9.17, 15) is 18.4 Å². The molecule has 1 aliphatic carbocycles. The molecule has 32 heavy (non-hydrogen) atoms. The van der Waals surface area contributed by atoms with Gasteiger partial charge < -0.3 is 14.2 Å². The van der Waals surface area contributed by atoms with E-state index in [1.807, 2.05) is 0 Å². The highest BCUT2D eigenvalue weighted by Gasteiger charge is 2.51. The first-order valence-corrected chi connectivity index (χ1v) is 10.6. The van der Waals surface area contributed by atoms with E-state index < -0.39 is 36.6 Å². The van der Waals surface area contributed by atoms with Gasteiger partial charge in [0.2, 0.25) is 0 Å². The maximum Gasteiger partial charge on any atom is 0.338 e. The van der Waals surface area contributed by atoms with Crippen molar-refractivity contribution in [2.45, 2.75) is 31.0 Å². The molecule has 0 amide bonds. The van der Waals surface area contributed by atoms with Gasteiger partial charge in [-0.05, 0) is 36.4 Å². The molecule has 1 aliphatic heterocycles. The Balaban J connectivity index is 1.45. The Morgan fingerprint density at radius 3 is 2.72 bits per heavy atom. The van der Waals surface area contributed by atoms with Gasteiger partial charge in [-0.3, -0.25) is 4.79 Å². The number of halogens is 3. The number of ether oxygens (including phenoxy) is 3.